The second kappa shape index (κ2) is 7.25. The highest BCUT2D eigenvalue weighted by Gasteiger charge is 2.30. The van der Waals surface area contributed by atoms with E-state index < -0.39 is 0 Å². The Kier molecular flexibility index (Phi) is 4.44. The number of hydrogen-bond donors (Lipinski definition) is 0. The number of carbonyl (C=O) groups excluding carboxylic acids is 1. The number of likely N-dealkylation sites (tertiary alicyclic amines) is 1. The summed E-state index contributed by atoms with van der Waals surface area (Å²) in [5.74, 6) is 0.930. The fourth-order valence-electron chi connectivity index (χ4n) is 3.46. The molecule has 146 valence electrons. The van der Waals surface area contributed by atoms with Crippen molar-refractivity contribution < 1.29 is 9.32 Å². The number of amides is 1. The van der Waals surface area contributed by atoms with Crippen molar-refractivity contribution in [3.8, 4) is 23.0 Å². The Morgan fingerprint density at radius 2 is 2.10 bits per heavy atom. The SMILES string of the molecule is Cc1ccsc1C(=O)N1CCC(n2cc(-c3nc(-c4ccccc4)no3)nn2)C1. The van der Waals surface area contributed by atoms with Crippen LogP contribution in [-0.4, -0.2) is 49.0 Å². The smallest absolute Gasteiger partial charge is 0.280 e. The number of hydrogen-bond acceptors (Lipinski definition) is 7. The molecule has 4 heterocycles. The number of rotatable bonds is 4. The van der Waals surface area contributed by atoms with Gasteiger partial charge in [-0.15, -0.1) is 16.4 Å². The second-order valence-corrected chi connectivity index (χ2v) is 7.92. The molecule has 0 N–H and O–H groups in total. The van der Waals surface area contributed by atoms with E-state index in [2.05, 4.69) is 20.5 Å². The Hall–Kier alpha value is -3.33. The van der Waals surface area contributed by atoms with Crippen LogP contribution in [0.1, 0.15) is 27.7 Å². The summed E-state index contributed by atoms with van der Waals surface area (Å²) >= 11 is 1.49. The summed E-state index contributed by atoms with van der Waals surface area (Å²) in [6, 6.07) is 11.7. The highest BCUT2D eigenvalue weighted by molar-refractivity contribution is 7.12. The van der Waals surface area contributed by atoms with Gasteiger partial charge in [0, 0.05) is 18.7 Å². The maximum Gasteiger partial charge on any atom is 0.280 e. The van der Waals surface area contributed by atoms with E-state index in [9.17, 15) is 4.79 Å². The molecule has 1 fully saturated rings. The van der Waals surface area contributed by atoms with Crippen LogP contribution in [0, 0.1) is 6.92 Å². The molecule has 0 saturated carbocycles. The zero-order valence-corrected chi connectivity index (χ0v) is 16.5. The number of benzene rings is 1. The lowest BCUT2D eigenvalue weighted by Crippen LogP contribution is -2.29. The molecule has 4 aromatic rings. The minimum atomic E-state index is 0.0805. The number of nitrogens with zero attached hydrogens (tertiary/aromatic N) is 6. The highest BCUT2D eigenvalue weighted by atomic mass is 32.1. The lowest BCUT2D eigenvalue weighted by Gasteiger charge is -2.16. The molecular weight excluding hydrogens is 388 g/mol. The van der Waals surface area contributed by atoms with E-state index in [0.717, 1.165) is 22.4 Å². The van der Waals surface area contributed by atoms with Crippen LogP contribution < -0.4 is 0 Å². The van der Waals surface area contributed by atoms with Crippen LogP contribution in [0.4, 0.5) is 0 Å². The third-order valence-electron chi connectivity index (χ3n) is 5.07. The van der Waals surface area contributed by atoms with Crippen LogP contribution in [0.15, 0.2) is 52.5 Å². The van der Waals surface area contributed by atoms with Crippen molar-refractivity contribution >= 4 is 17.2 Å². The number of carbonyl (C=O) groups is 1. The van der Waals surface area contributed by atoms with Crippen molar-refractivity contribution in [1.29, 1.82) is 0 Å². The maximum absolute atomic E-state index is 12.7. The van der Waals surface area contributed by atoms with E-state index in [1.807, 2.05) is 53.6 Å². The predicted molar refractivity (Wildman–Crippen MR) is 107 cm³/mol. The van der Waals surface area contributed by atoms with Gasteiger partial charge in [-0.05, 0) is 30.4 Å². The van der Waals surface area contributed by atoms with E-state index in [0.29, 0.717) is 30.5 Å². The first-order chi connectivity index (χ1) is 14.2. The first kappa shape index (κ1) is 17.7. The van der Waals surface area contributed by atoms with Gasteiger partial charge in [0.15, 0.2) is 5.69 Å². The van der Waals surface area contributed by atoms with E-state index in [-0.39, 0.29) is 11.9 Å². The first-order valence-corrected chi connectivity index (χ1v) is 10.2. The van der Waals surface area contributed by atoms with Crippen LogP contribution in [0.5, 0.6) is 0 Å². The largest absolute Gasteiger partial charge is 0.336 e. The summed E-state index contributed by atoms with van der Waals surface area (Å²) in [5.41, 5.74) is 2.43. The second-order valence-electron chi connectivity index (χ2n) is 7.00. The Bertz CT molecular complexity index is 1150. The van der Waals surface area contributed by atoms with E-state index >= 15 is 0 Å². The number of aryl methyl sites for hydroxylation is 1. The predicted octanol–water partition coefficient (Wildman–Crippen LogP) is 3.45. The molecule has 0 spiro atoms. The highest BCUT2D eigenvalue weighted by Crippen LogP contribution is 2.27. The molecule has 3 aromatic heterocycles. The van der Waals surface area contributed by atoms with Crippen molar-refractivity contribution in [3.63, 3.8) is 0 Å². The van der Waals surface area contributed by atoms with Crippen molar-refractivity contribution in [2.45, 2.75) is 19.4 Å². The van der Waals surface area contributed by atoms with Gasteiger partial charge in [-0.3, -0.25) is 4.79 Å². The zero-order chi connectivity index (χ0) is 19.8. The van der Waals surface area contributed by atoms with E-state index in [1.54, 1.807) is 10.9 Å². The fraction of sp³-hybridized carbons (Fsp3) is 0.250. The monoisotopic (exact) mass is 406 g/mol. The molecule has 1 atom stereocenters. The summed E-state index contributed by atoms with van der Waals surface area (Å²) in [6.07, 6.45) is 2.63. The molecule has 8 nitrogen and oxygen atoms in total. The fourth-order valence-corrected chi connectivity index (χ4v) is 4.35. The van der Waals surface area contributed by atoms with E-state index in [1.165, 1.54) is 11.3 Å². The molecule has 1 aliphatic heterocycles. The Balaban J connectivity index is 1.30. The number of thiophene rings is 1. The summed E-state index contributed by atoms with van der Waals surface area (Å²) in [4.78, 5) is 19.8. The first-order valence-electron chi connectivity index (χ1n) is 9.34. The summed E-state index contributed by atoms with van der Waals surface area (Å²) in [5, 5.41) is 14.4. The third-order valence-corrected chi connectivity index (χ3v) is 6.07. The summed E-state index contributed by atoms with van der Waals surface area (Å²) in [7, 11) is 0. The summed E-state index contributed by atoms with van der Waals surface area (Å²) < 4.78 is 7.15. The van der Waals surface area contributed by atoms with Crippen LogP contribution >= 0.6 is 11.3 Å². The Morgan fingerprint density at radius 1 is 1.24 bits per heavy atom. The maximum atomic E-state index is 12.7. The molecule has 9 heteroatoms. The van der Waals surface area contributed by atoms with Crippen molar-refractivity contribution in [1.82, 2.24) is 30.0 Å². The molecule has 1 saturated heterocycles. The van der Waals surface area contributed by atoms with Crippen LogP contribution in [0.3, 0.4) is 0 Å². The van der Waals surface area contributed by atoms with Crippen LogP contribution in [-0.2, 0) is 0 Å². The van der Waals surface area contributed by atoms with Gasteiger partial charge < -0.3 is 9.42 Å². The van der Waals surface area contributed by atoms with Gasteiger partial charge in [-0.25, -0.2) is 4.68 Å². The molecule has 1 aliphatic rings. The quantitative estimate of drug-likeness (QED) is 0.516. The molecule has 0 aliphatic carbocycles. The molecule has 1 unspecified atom stereocenters. The molecule has 0 radical (unpaired) electrons. The van der Waals surface area contributed by atoms with E-state index in [4.69, 9.17) is 4.52 Å². The standard InChI is InChI=1S/C20H18N6O2S/c1-13-8-10-29-17(13)20(27)25-9-7-15(11-25)26-12-16(22-24-26)19-21-18(23-28-19)14-5-3-2-4-6-14/h2-6,8,10,12,15H,7,9,11H2,1H3. The molecule has 5 rings (SSSR count). The van der Waals surface area contributed by atoms with Gasteiger partial charge >= 0.3 is 0 Å². The van der Waals surface area contributed by atoms with Crippen molar-refractivity contribution in [3.05, 3.63) is 58.4 Å². The molecule has 0 bridgehead atoms. The van der Waals surface area contributed by atoms with Gasteiger partial charge in [-0.1, -0.05) is 40.7 Å². The Labute approximate surface area is 170 Å². The van der Waals surface area contributed by atoms with Gasteiger partial charge in [0.2, 0.25) is 5.82 Å². The van der Waals surface area contributed by atoms with Crippen LogP contribution in [0.25, 0.3) is 23.0 Å². The Morgan fingerprint density at radius 3 is 2.90 bits per heavy atom. The molecule has 1 amide bonds. The third kappa shape index (κ3) is 3.33. The molecule has 1 aromatic carbocycles. The minimum absolute atomic E-state index is 0.0805. The van der Waals surface area contributed by atoms with Gasteiger partial charge in [0.05, 0.1) is 17.1 Å². The average Bonchev–Trinajstić information content (AvgIpc) is 3.54. The molecule has 29 heavy (non-hydrogen) atoms. The normalized spacial score (nSPS) is 16.4. The average molecular weight is 406 g/mol. The zero-order valence-electron chi connectivity index (χ0n) is 15.7. The lowest BCUT2D eigenvalue weighted by atomic mass is 10.2. The van der Waals surface area contributed by atoms with Crippen LogP contribution in [0.2, 0.25) is 0 Å². The minimum Gasteiger partial charge on any atom is -0.336 e. The summed E-state index contributed by atoms with van der Waals surface area (Å²) in [6.45, 7) is 3.28. The topological polar surface area (TPSA) is 89.9 Å². The van der Waals surface area contributed by atoms with Gasteiger partial charge in [-0.2, -0.15) is 4.98 Å². The lowest BCUT2D eigenvalue weighted by molar-refractivity contribution is 0.0791. The van der Waals surface area contributed by atoms with Gasteiger partial charge in [0.1, 0.15) is 0 Å². The van der Waals surface area contributed by atoms with Crippen molar-refractivity contribution in [2.24, 2.45) is 0 Å². The van der Waals surface area contributed by atoms with Gasteiger partial charge in [0.25, 0.3) is 11.8 Å². The van der Waals surface area contributed by atoms with Crippen molar-refractivity contribution in [2.75, 3.05) is 13.1 Å². The number of aromatic nitrogens is 5. The molecular formula is C20H18N6O2S.